The number of carbonyl (C=O) groups is 1. The zero-order valence-corrected chi connectivity index (χ0v) is 28.6. The van der Waals surface area contributed by atoms with Gasteiger partial charge in [0.05, 0.1) is 17.2 Å². The van der Waals surface area contributed by atoms with Gasteiger partial charge in [-0.25, -0.2) is 4.68 Å². The van der Waals surface area contributed by atoms with Crippen LogP contribution < -0.4 is 20.1 Å². The fourth-order valence-corrected chi connectivity index (χ4v) is 6.53. The van der Waals surface area contributed by atoms with Crippen molar-refractivity contribution in [3.05, 3.63) is 97.7 Å². The van der Waals surface area contributed by atoms with Crippen LogP contribution in [0.3, 0.4) is 0 Å². The number of methoxy groups -OCH3 is 1. The molecule has 8 nitrogen and oxygen atoms in total. The minimum Gasteiger partial charge on any atom is -0.493 e. The lowest BCUT2D eigenvalue weighted by Gasteiger charge is -2.29. The van der Waals surface area contributed by atoms with Crippen LogP contribution in [0.1, 0.15) is 59.7 Å². The molecule has 0 radical (unpaired) electrons. The van der Waals surface area contributed by atoms with Gasteiger partial charge in [-0.1, -0.05) is 43.0 Å². The number of halogens is 1. The van der Waals surface area contributed by atoms with E-state index < -0.39 is 6.04 Å². The predicted octanol–water partition coefficient (Wildman–Crippen LogP) is 8.29. The van der Waals surface area contributed by atoms with Crippen LogP contribution in [0.2, 0.25) is 0 Å². The number of thioether (sulfide) groups is 1. The molecule has 1 atom stereocenters. The van der Waals surface area contributed by atoms with Crippen molar-refractivity contribution in [2.45, 2.75) is 65.8 Å². The maximum absolute atomic E-state index is 14.0. The Morgan fingerprint density at radius 1 is 1.07 bits per heavy atom. The highest BCUT2D eigenvalue weighted by Crippen LogP contribution is 2.43. The number of amides is 1. The maximum Gasteiger partial charge on any atom is 0.255 e. The molecule has 0 fully saturated rings. The highest BCUT2D eigenvalue weighted by molar-refractivity contribution is 9.10. The van der Waals surface area contributed by atoms with Crippen molar-refractivity contribution >= 4 is 45.2 Å². The molecule has 2 heterocycles. The highest BCUT2D eigenvalue weighted by Gasteiger charge is 2.35. The van der Waals surface area contributed by atoms with Crippen molar-refractivity contribution in [2.75, 3.05) is 23.5 Å². The molecule has 0 saturated carbocycles. The normalized spacial score (nSPS) is 14.2. The maximum atomic E-state index is 14.0. The van der Waals surface area contributed by atoms with Crippen LogP contribution in [0.15, 0.2) is 69.4 Å². The van der Waals surface area contributed by atoms with E-state index in [9.17, 15) is 4.79 Å². The van der Waals surface area contributed by atoms with Crippen LogP contribution in [-0.2, 0) is 11.4 Å². The van der Waals surface area contributed by atoms with Crippen molar-refractivity contribution in [1.29, 1.82) is 0 Å². The van der Waals surface area contributed by atoms with Crippen molar-refractivity contribution < 1.29 is 14.3 Å². The summed E-state index contributed by atoms with van der Waals surface area (Å²) in [7, 11) is 1.62. The zero-order valence-electron chi connectivity index (χ0n) is 26.2. The number of nitrogens with zero attached hydrogens (tertiary/aromatic N) is 3. The Labute approximate surface area is 271 Å². The minimum atomic E-state index is -0.569. The Hall–Kier alpha value is -3.76. The number of anilines is 2. The lowest BCUT2D eigenvalue weighted by molar-refractivity contribution is -0.113. The fraction of sp³-hybridized carbons (Fsp3) is 0.324. The van der Waals surface area contributed by atoms with E-state index in [4.69, 9.17) is 19.6 Å². The zero-order chi connectivity index (χ0) is 31.5. The first-order chi connectivity index (χ1) is 21.1. The molecule has 0 saturated heterocycles. The molecule has 230 valence electrons. The van der Waals surface area contributed by atoms with Crippen molar-refractivity contribution in [3.8, 4) is 11.5 Å². The second-order valence-corrected chi connectivity index (χ2v) is 13.0. The third kappa shape index (κ3) is 6.66. The molecule has 0 bridgehead atoms. The summed E-state index contributed by atoms with van der Waals surface area (Å²) in [5.41, 5.74) is 8.59. The number of allylic oxidation sites excluding steroid dienone is 1. The number of ether oxygens (including phenoxy) is 2. The summed E-state index contributed by atoms with van der Waals surface area (Å²) in [6.07, 6.45) is 1.00. The van der Waals surface area contributed by atoms with Crippen LogP contribution in [-0.4, -0.2) is 33.5 Å². The van der Waals surface area contributed by atoms with Crippen LogP contribution >= 0.6 is 27.7 Å². The van der Waals surface area contributed by atoms with Gasteiger partial charge in [0.2, 0.25) is 11.1 Å². The number of carbonyl (C=O) groups excluding carboxylic acids is 1. The number of aromatic nitrogens is 3. The van der Waals surface area contributed by atoms with Gasteiger partial charge in [0, 0.05) is 17.1 Å². The second kappa shape index (κ2) is 13.5. The Bertz CT molecular complexity index is 1750. The van der Waals surface area contributed by atoms with E-state index in [1.807, 2.05) is 50.2 Å². The first kappa shape index (κ1) is 31.7. The first-order valence-corrected chi connectivity index (χ1v) is 16.4. The van der Waals surface area contributed by atoms with Gasteiger partial charge in [0.1, 0.15) is 12.6 Å². The Morgan fingerprint density at radius 2 is 1.84 bits per heavy atom. The van der Waals surface area contributed by atoms with Crippen molar-refractivity contribution in [2.24, 2.45) is 0 Å². The van der Waals surface area contributed by atoms with E-state index >= 15 is 0 Å². The average molecular weight is 677 g/mol. The standard InChI is InChI=1S/C34H38BrN5O3S/c1-8-12-44-34-38-33-36-23(6)29(32(41)37-26-11-9-10-19(2)13-26)30(40(33)39-34)24-16-27(35)31(28(17-24)42-7)43-18-25-15-21(4)20(3)14-22(25)5/h9-11,13-17,30H,8,12,18H2,1-7H3,(H,37,41)(H,36,38,39). The lowest BCUT2D eigenvalue weighted by Crippen LogP contribution is -2.31. The van der Waals surface area contributed by atoms with Crippen molar-refractivity contribution in [1.82, 2.24) is 14.8 Å². The summed E-state index contributed by atoms with van der Waals surface area (Å²) in [5, 5.41) is 11.9. The number of nitrogens with one attached hydrogen (secondary N) is 2. The third-order valence-corrected chi connectivity index (χ3v) is 9.31. The van der Waals surface area contributed by atoms with E-state index in [-0.39, 0.29) is 5.91 Å². The number of hydrogen-bond acceptors (Lipinski definition) is 7. The quantitative estimate of drug-likeness (QED) is 0.163. The summed E-state index contributed by atoms with van der Waals surface area (Å²) < 4.78 is 14.7. The number of aryl methyl sites for hydroxylation is 4. The molecule has 0 spiro atoms. The summed E-state index contributed by atoms with van der Waals surface area (Å²) in [6.45, 7) is 12.7. The summed E-state index contributed by atoms with van der Waals surface area (Å²) in [4.78, 5) is 18.7. The number of benzene rings is 3. The number of fused-ring (bicyclic) bond motifs is 1. The summed E-state index contributed by atoms with van der Waals surface area (Å²) in [5.74, 6) is 2.39. The molecule has 0 aliphatic carbocycles. The molecule has 1 aliphatic rings. The average Bonchev–Trinajstić information content (AvgIpc) is 3.38. The molecule has 1 aromatic heterocycles. The van der Waals surface area contributed by atoms with Gasteiger partial charge in [-0.05, 0) is 115 Å². The van der Waals surface area contributed by atoms with Crippen LogP contribution in [0.4, 0.5) is 11.6 Å². The summed E-state index contributed by atoms with van der Waals surface area (Å²) in [6, 6.07) is 15.4. The van der Waals surface area contributed by atoms with Crippen LogP contribution in [0.25, 0.3) is 0 Å². The van der Waals surface area contributed by atoms with Gasteiger partial charge in [-0.15, -0.1) is 5.10 Å². The SMILES string of the molecule is CCCSc1nc2n(n1)C(c1cc(Br)c(OCc3cc(C)c(C)cc3C)c(OC)c1)C(C(=O)Nc1cccc(C)c1)=C(C)N2. The van der Waals surface area contributed by atoms with Gasteiger partial charge in [-0.2, -0.15) is 4.98 Å². The van der Waals surface area contributed by atoms with Crippen LogP contribution in [0, 0.1) is 27.7 Å². The van der Waals surface area contributed by atoms with E-state index in [1.54, 1.807) is 23.6 Å². The molecule has 1 amide bonds. The Morgan fingerprint density at radius 3 is 2.57 bits per heavy atom. The molecular formula is C34H38BrN5O3S. The molecule has 10 heteroatoms. The Kier molecular flexibility index (Phi) is 9.70. The molecule has 3 aromatic carbocycles. The molecule has 5 rings (SSSR count). The molecule has 44 heavy (non-hydrogen) atoms. The minimum absolute atomic E-state index is 0.227. The van der Waals surface area contributed by atoms with E-state index in [0.29, 0.717) is 45.0 Å². The first-order valence-electron chi connectivity index (χ1n) is 14.6. The van der Waals surface area contributed by atoms with Gasteiger partial charge in [-0.3, -0.25) is 4.79 Å². The Balaban J connectivity index is 1.55. The van der Waals surface area contributed by atoms with Gasteiger partial charge in [0.15, 0.2) is 11.5 Å². The molecule has 2 N–H and O–H groups in total. The number of rotatable bonds is 10. The third-order valence-electron chi connectivity index (χ3n) is 7.68. The smallest absolute Gasteiger partial charge is 0.255 e. The fourth-order valence-electron chi connectivity index (χ4n) is 5.27. The van der Waals surface area contributed by atoms with E-state index in [2.05, 4.69) is 66.4 Å². The van der Waals surface area contributed by atoms with Crippen molar-refractivity contribution in [3.63, 3.8) is 0 Å². The second-order valence-electron chi connectivity index (χ2n) is 11.1. The van der Waals surface area contributed by atoms with E-state index in [0.717, 1.165) is 34.6 Å². The predicted molar refractivity (Wildman–Crippen MR) is 181 cm³/mol. The van der Waals surface area contributed by atoms with Gasteiger partial charge < -0.3 is 20.1 Å². The molecule has 1 aliphatic heterocycles. The van der Waals surface area contributed by atoms with E-state index in [1.165, 1.54) is 16.7 Å². The number of hydrogen-bond donors (Lipinski definition) is 2. The highest BCUT2D eigenvalue weighted by atomic mass is 79.9. The monoisotopic (exact) mass is 675 g/mol. The summed E-state index contributed by atoms with van der Waals surface area (Å²) >= 11 is 5.34. The topological polar surface area (TPSA) is 90.3 Å². The lowest BCUT2D eigenvalue weighted by atomic mass is 9.94. The molecular weight excluding hydrogens is 638 g/mol. The largest absolute Gasteiger partial charge is 0.493 e. The molecule has 4 aromatic rings. The van der Waals surface area contributed by atoms with Crippen LogP contribution in [0.5, 0.6) is 11.5 Å². The van der Waals surface area contributed by atoms with Gasteiger partial charge in [0.25, 0.3) is 5.91 Å². The van der Waals surface area contributed by atoms with Gasteiger partial charge >= 0.3 is 0 Å². The molecule has 1 unspecified atom stereocenters.